The van der Waals surface area contributed by atoms with Gasteiger partial charge >= 0.3 is 0 Å². The van der Waals surface area contributed by atoms with Crippen LogP contribution in [0.2, 0.25) is 5.02 Å². The van der Waals surface area contributed by atoms with Gasteiger partial charge in [-0.1, -0.05) is 35.9 Å². The minimum Gasteiger partial charge on any atom is -0.497 e. The summed E-state index contributed by atoms with van der Waals surface area (Å²) in [4.78, 5) is 32.0. The van der Waals surface area contributed by atoms with E-state index in [9.17, 15) is 14.0 Å². The number of carbonyl (C=O) groups excluding carboxylic acids is 2. The van der Waals surface area contributed by atoms with Gasteiger partial charge in [0.15, 0.2) is 0 Å². The fraction of sp³-hybridized carbons (Fsp3) is 0.259. The van der Waals surface area contributed by atoms with Crippen molar-refractivity contribution >= 4 is 29.1 Å². The van der Waals surface area contributed by atoms with Crippen LogP contribution >= 0.6 is 11.6 Å². The molecule has 2 aliphatic rings. The number of nitrogens with zero attached hydrogens (tertiary/aromatic N) is 3. The van der Waals surface area contributed by atoms with Crippen molar-refractivity contribution in [1.82, 2.24) is 9.80 Å². The quantitative estimate of drug-likeness (QED) is 0.469. The van der Waals surface area contributed by atoms with Gasteiger partial charge in [-0.2, -0.15) is 0 Å². The molecule has 5 rings (SSSR count). The lowest BCUT2D eigenvalue weighted by Gasteiger charge is -2.36. The Morgan fingerprint density at radius 3 is 2.29 bits per heavy atom. The maximum atomic E-state index is 14.2. The molecule has 0 unspecified atom stereocenters. The number of benzene rings is 3. The van der Waals surface area contributed by atoms with Crippen LogP contribution in [-0.2, 0) is 13.1 Å². The van der Waals surface area contributed by atoms with Crippen LogP contribution in [0.5, 0.6) is 5.75 Å². The molecule has 3 aromatic rings. The number of amides is 2. The minimum atomic E-state index is -0.304. The molecule has 6 nitrogen and oxygen atoms in total. The van der Waals surface area contributed by atoms with Crippen LogP contribution in [0.15, 0.2) is 60.7 Å². The Hall–Kier alpha value is -3.42. The maximum Gasteiger partial charge on any atom is 0.263 e. The highest BCUT2D eigenvalue weighted by molar-refractivity contribution is 6.31. The summed E-state index contributed by atoms with van der Waals surface area (Å²) < 4.78 is 19.4. The molecule has 2 amide bonds. The molecule has 0 bridgehead atoms. The molecule has 8 heteroatoms. The summed E-state index contributed by atoms with van der Waals surface area (Å²) in [5.74, 6) is -0.149. The number of fused-ring (bicyclic) bond motifs is 1. The van der Waals surface area contributed by atoms with E-state index in [-0.39, 0.29) is 24.2 Å². The van der Waals surface area contributed by atoms with Crippen LogP contribution < -0.4 is 9.64 Å². The minimum absolute atomic E-state index is 0.201. The maximum absolute atomic E-state index is 14.2. The first-order valence-electron chi connectivity index (χ1n) is 11.5. The zero-order valence-electron chi connectivity index (χ0n) is 19.3. The van der Waals surface area contributed by atoms with Crippen LogP contribution in [0.4, 0.5) is 10.1 Å². The first-order valence-corrected chi connectivity index (χ1v) is 11.9. The normalized spacial score (nSPS) is 16.1. The number of halogens is 2. The van der Waals surface area contributed by atoms with Gasteiger partial charge in [0.25, 0.3) is 11.8 Å². The molecule has 0 aliphatic carbocycles. The van der Waals surface area contributed by atoms with Gasteiger partial charge in [0, 0.05) is 43.3 Å². The number of rotatable bonds is 6. The summed E-state index contributed by atoms with van der Waals surface area (Å²) in [6.07, 6.45) is 0. The second kappa shape index (κ2) is 9.68. The number of piperazine rings is 1. The summed E-state index contributed by atoms with van der Waals surface area (Å²) in [7, 11) is 1.59. The average molecular weight is 494 g/mol. The standard InChI is InChI=1S/C27H25ClFN3O3/c1-35-19-10-8-18(9-11-19)16-32-26(33)20-4-2-7-24(25(20)27(32)34)31-14-12-30(13-15-31)17-21-22(28)5-3-6-23(21)29/h2-11H,12-17H2,1H3. The average Bonchev–Trinajstić information content (AvgIpc) is 3.12. The second-order valence-electron chi connectivity index (χ2n) is 8.71. The van der Waals surface area contributed by atoms with E-state index in [1.807, 2.05) is 36.4 Å². The van der Waals surface area contributed by atoms with Gasteiger partial charge in [-0.05, 0) is 42.0 Å². The molecular weight excluding hydrogens is 469 g/mol. The topological polar surface area (TPSA) is 53.1 Å². The Morgan fingerprint density at radius 2 is 1.60 bits per heavy atom. The number of hydrogen-bond donors (Lipinski definition) is 0. The van der Waals surface area contributed by atoms with Gasteiger partial charge in [0.1, 0.15) is 11.6 Å². The zero-order chi connectivity index (χ0) is 24.5. The summed E-state index contributed by atoms with van der Waals surface area (Å²) in [5, 5.41) is 0.425. The molecule has 0 aromatic heterocycles. The van der Waals surface area contributed by atoms with Gasteiger partial charge in [0.2, 0.25) is 0 Å². The van der Waals surface area contributed by atoms with Crippen LogP contribution in [-0.4, -0.2) is 54.9 Å². The predicted molar refractivity (Wildman–Crippen MR) is 133 cm³/mol. The highest BCUT2D eigenvalue weighted by Crippen LogP contribution is 2.33. The zero-order valence-corrected chi connectivity index (χ0v) is 20.1. The number of methoxy groups -OCH3 is 1. The second-order valence-corrected chi connectivity index (χ2v) is 9.11. The molecule has 0 atom stereocenters. The van der Waals surface area contributed by atoms with Crippen molar-refractivity contribution in [3.8, 4) is 5.75 Å². The van der Waals surface area contributed by atoms with E-state index in [2.05, 4.69) is 9.80 Å². The highest BCUT2D eigenvalue weighted by atomic mass is 35.5. The Bertz CT molecular complexity index is 1250. The van der Waals surface area contributed by atoms with Gasteiger partial charge in [-0.15, -0.1) is 0 Å². The molecule has 0 saturated carbocycles. The predicted octanol–water partition coefficient (Wildman–Crippen LogP) is 4.61. The van der Waals surface area contributed by atoms with E-state index in [0.717, 1.165) is 17.0 Å². The molecule has 2 aliphatic heterocycles. The van der Waals surface area contributed by atoms with Gasteiger partial charge in [-0.25, -0.2) is 4.39 Å². The van der Waals surface area contributed by atoms with Crippen LogP contribution in [0, 0.1) is 5.82 Å². The van der Waals surface area contributed by atoms with Gasteiger partial charge in [-0.3, -0.25) is 19.4 Å². The molecule has 180 valence electrons. The smallest absolute Gasteiger partial charge is 0.263 e. The highest BCUT2D eigenvalue weighted by Gasteiger charge is 2.38. The molecule has 1 saturated heterocycles. The Balaban J connectivity index is 1.30. The number of hydrogen-bond acceptors (Lipinski definition) is 5. The molecule has 0 radical (unpaired) electrons. The van der Waals surface area contributed by atoms with E-state index in [1.165, 1.54) is 11.0 Å². The van der Waals surface area contributed by atoms with E-state index < -0.39 is 0 Å². The van der Waals surface area contributed by atoms with Crippen LogP contribution in [0.25, 0.3) is 0 Å². The third-order valence-corrected chi connectivity index (χ3v) is 6.99. The molecule has 0 spiro atoms. The van der Waals surface area contributed by atoms with Crippen molar-refractivity contribution in [2.75, 3.05) is 38.2 Å². The Labute approximate surface area is 208 Å². The lowest BCUT2D eigenvalue weighted by molar-refractivity contribution is 0.0642. The van der Waals surface area contributed by atoms with E-state index in [0.29, 0.717) is 54.4 Å². The lowest BCUT2D eigenvalue weighted by atomic mass is 10.1. The van der Waals surface area contributed by atoms with Crippen molar-refractivity contribution in [2.45, 2.75) is 13.1 Å². The fourth-order valence-corrected chi connectivity index (χ4v) is 4.91. The van der Waals surface area contributed by atoms with E-state index >= 15 is 0 Å². The fourth-order valence-electron chi connectivity index (χ4n) is 4.69. The van der Waals surface area contributed by atoms with Crippen LogP contribution in [0.1, 0.15) is 31.8 Å². The monoisotopic (exact) mass is 493 g/mol. The largest absolute Gasteiger partial charge is 0.497 e. The van der Waals surface area contributed by atoms with Crippen molar-refractivity contribution in [1.29, 1.82) is 0 Å². The number of ether oxygens (including phenoxy) is 1. The number of imide groups is 1. The summed E-state index contributed by atoms with van der Waals surface area (Å²) >= 11 is 6.20. The van der Waals surface area contributed by atoms with Crippen molar-refractivity contribution in [3.63, 3.8) is 0 Å². The van der Waals surface area contributed by atoms with Crippen molar-refractivity contribution in [2.24, 2.45) is 0 Å². The summed E-state index contributed by atoms with van der Waals surface area (Å²) in [6, 6.07) is 17.5. The van der Waals surface area contributed by atoms with Crippen molar-refractivity contribution < 1.29 is 18.7 Å². The molecule has 3 aromatic carbocycles. The van der Waals surface area contributed by atoms with E-state index in [1.54, 1.807) is 25.3 Å². The Kier molecular flexibility index (Phi) is 6.45. The number of anilines is 1. The first-order chi connectivity index (χ1) is 17.0. The molecule has 0 N–H and O–H groups in total. The Morgan fingerprint density at radius 1 is 0.886 bits per heavy atom. The van der Waals surface area contributed by atoms with E-state index in [4.69, 9.17) is 16.3 Å². The van der Waals surface area contributed by atoms with Crippen molar-refractivity contribution in [3.05, 3.63) is 93.8 Å². The molecule has 35 heavy (non-hydrogen) atoms. The molecule has 1 fully saturated rings. The SMILES string of the molecule is COc1ccc(CN2C(=O)c3cccc(N4CCN(Cc5c(F)cccc5Cl)CC4)c3C2=O)cc1. The molecule has 2 heterocycles. The number of carbonyl (C=O) groups is 2. The third kappa shape index (κ3) is 4.49. The lowest BCUT2D eigenvalue weighted by Crippen LogP contribution is -2.46. The van der Waals surface area contributed by atoms with Gasteiger partial charge < -0.3 is 9.64 Å². The summed E-state index contributed by atoms with van der Waals surface area (Å²) in [5.41, 5.74) is 3.00. The summed E-state index contributed by atoms with van der Waals surface area (Å²) in [6.45, 7) is 3.31. The first kappa shape index (κ1) is 23.3. The van der Waals surface area contributed by atoms with Gasteiger partial charge in [0.05, 0.1) is 30.5 Å². The van der Waals surface area contributed by atoms with Crippen LogP contribution in [0.3, 0.4) is 0 Å². The molecular formula is C27H25ClFN3O3. The third-order valence-electron chi connectivity index (χ3n) is 6.63.